The van der Waals surface area contributed by atoms with Crippen LogP contribution in [0, 0.1) is 0 Å². The van der Waals surface area contributed by atoms with Crippen LogP contribution in [0.1, 0.15) is 17.0 Å². The summed E-state index contributed by atoms with van der Waals surface area (Å²) in [6, 6.07) is 9.59. The topological polar surface area (TPSA) is 76.7 Å². The zero-order valence-corrected chi connectivity index (χ0v) is 16.2. The number of hydrogen-bond acceptors (Lipinski definition) is 6. The van der Waals surface area contributed by atoms with E-state index in [1.807, 2.05) is 6.07 Å². The highest BCUT2D eigenvalue weighted by molar-refractivity contribution is 5.81. The van der Waals surface area contributed by atoms with Crippen molar-refractivity contribution >= 4 is 10.9 Å². The maximum absolute atomic E-state index is 12.6. The van der Waals surface area contributed by atoms with Crippen molar-refractivity contribution in [3.8, 4) is 17.2 Å². The molecule has 1 aliphatic heterocycles. The van der Waals surface area contributed by atoms with Crippen LogP contribution in [-0.4, -0.2) is 42.7 Å². The fourth-order valence-corrected chi connectivity index (χ4v) is 3.65. The van der Waals surface area contributed by atoms with Crippen molar-refractivity contribution in [3.05, 3.63) is 57.6 Å². The van der Waals surface area contributed by atoms with E-state index in [4.69, 9.17) is 14.2 Å². The van der Waals surface area contributed by atoms with Crippen molar-refractivity contribution in [1.82, 2.24) is 14.9 Å². The summed E-state index contributed by atoms with van der Waals surface area (Å²) in [5, 5.41) is 0.484. The predicted octanol–water partition coefficient (Wildman–Crippen LogP) is 2.51. The lowest BCUT2D eigenvalue weighted by Crippen LogP contribution is -2.31. The monoisotopic (exact) mass is 381 g/mol. The first-order valence-corrected chi connectivity index (χ1v) is 9.14. The molecule has 146 valence electrons. The van der Waals surface area contributed by atoms with Crippen LogP contribution in [0.4, 0.5) is 0 Å². The molecule has 0 unspecified atom stereocenters. The average Bonchev–Trinajstić information content (AvgIpc) is 2.72. The van der Waals surface area contributed by atoms with E-state index in [1.165, 1.54) is 11.1 Å². The highest BCUT2D eigenvalue weighted by atomic mass is 16.5. The Labute approximate surface area is 162 Å². The van der Waals surface area contributed by atoms with Crippen molar-refractivity contribution in [2.24, 2.45) is 0 Å². The largest absolute Gasteiger partial charge is 0.497 e. The Kier molecular flexibility index (Phi) is 4.92. The van der Waals surface area contributed by atoms with Gasteiger partial charge in [0.05, 0.1) is 38.8 Å². The first-order chi connectivity index (χ1) is 13.6. The number of H-pyrrole nitrogens is 1. The van der Waals surface area contributed by atoms with Crippen molar-refractivity contribution in [2.75, 3.05) is 27.9 Å². The first kappa shape index (κ1) is 18.3. The number of nitrogens with zero attached hydrogens (tertiary/aromatic N) is 2. The van der Waals surface area contributed by atoms with Crippen LogP contribution in [0.25, 0.3) is 10.9 Å². The second-order valence-electron chi connectivity index (χ2n) is 6.83. The van der Waals surface area contributed by atoms with E-state index in [9.17, 15) is 4.79 Å². The molecule has 3 aromatic rings. The van der Waals surface area contributed by atoms with E-state index < -0.39 is 0 Å². The van der Waals surface area contributed by atoms with Gasteiger partial charge in [0.2, 0.25) is 0 Å². The molecule has 28 heavy (non-hydrogen) atoms. The van der Waals surface area contributed by atoms with E-state index >= 15 is 0 Å². The van der Waals surface area contributed by atoms with Gasteiger partial charge in [-0.15, -0.1) is 0 Å². The van der Waals surface area contributed by atoms with Gasteiger partial charge in [0.1, 0.15) is 11.6 Å². The summed E-state index contributed by atoms with van der Waals surface area (Å²) in [5.74, 6) is 2.59. The second kappa shape index (κ2) is 7.52. The van der Waals surface area contributed by atoms with Gasteiger partial charge in [0.15, 0.2) is 11.5 Å². The smallest absolute Gasteiger partial charge is 0.258 e. The molecular formula is C21H23N3O4. The molecule has 0 fully saturated rings. The van der Waals surface area contributed by atoms with E-state index in [-0.39, 0.29) is 5.56 Å². The van der Waals surface area contributed by atoms with E-state index in [0.717, 1.165) is 25.3 Å². The Morgan fingerprint density at radius 2 is 1.82 bits per heavy atom. The highest BCUT2D eigenvalue weighted by Crippen LogP contribution is 2.30. The van der Waals surface area contributed by atoms with Gasteiger partial charge in [-0.25, -0.2) is 4.98 Å². The van der Waals surface area contributed by atoms with Crippen LogP contribution in [0.3, 0.4) is 0 Å². The zero-order valence-electron chi connectivity index (χ0n) is 16.2. The molecule has 1 aliphatic rings. The van der Waals surface area contributed by atoms with Crippen LogP contribution in [0.5, 0.6) is 17.2 Å². The van der Waals surface area contributed by atoms with Gasteiger partial charge in [-0.3, -0.25) is 9.69 Å². The summed E-state index contributed by atoms with van der Waals surface area (Å²) in [6.45, 7) is 2.28. The lowest BCUT2D eigenvalue weighted by molar-refractivity contribution is 0.239. The number of rotatable bonds is 5. The molecule has 4 rings (SSSR count). The molecule has 2 aromatic carbocycles. The molecule has 1 aromatic heterocycles. The van der Waals surface area contributed by atoms with E-state index in [1.54, 1.807) is 33.5 Å². The molecular weight excluding hydrogens is 358 g/mol. The molecule has 7 heteroatoms. The first-order valence-electron chi connectivity index (χ1n) is 9.14. The molecule has 1 N–H and O–H groups in total. The van der Waals surface area contributed by atoms with Gasteiger partial charge >= 0.3 is 0 Å². The van der Waals surface area contributed by atoms with E-state index in [2.05, 4.69) is 27.0 Å². The second-order valence-corrected chi connectivity index (χ2v) is 6.83. The quantitative estimate of drug-likeness (QED) is 0.732. The molecule has 0 saturated carbocycles. The minimum absolute atomic E-state index is 0.178. The normalized spacial score (nSPS) is 14.0. The van der Waals surface area contributed by atoms with E-state index in [0.29, 0.717) is 34.8 Å². The summed E-state index contributed by atoms with van der Waals surface area (Å²) >= 11 is 0. The molecule has 2 heterocycles. The fourth-order valence-electron chi connectivity index (χ4n) is 3.65. The van der Waals surface area contributed by atoms with Gasteiger partial charge in [0, 0.05) is 19.2 Å². The Bertz CT molecular complexity index is 1080. The summed E-state index contributed by atoms with van der Waals surface area (Å²) in [5.41, 5.74) is 3.01. The number of benzene rings is 2. The van der Waals surface area contributed by atoms with Gasteiger partial charge in [-0.2, -0.15) is 0 Å². The summed E-state index contributed by atoms with van der Waals surface area (Å²) < 4.78 is 15.9. The molecule has 0 aliphatic carbocycles. The van der Waals surface area contributed by atoms with Crippen LogP contribution in [-0.2, 0) is 19.5 Å². The minimum Gasteiger partial charge on any atom is -0.497 e. The molecule has 0 saturated heterocycles. The minimum atomic E-state index is -0.178. The number of aromatic amines is 1. The lowest BCUT2D eigenvalue weighted by atomic mass is 9.99. The predicted molar refractivity (Wildman–Crippen MR) is 106 cm³/mol. The maximum Gasteiger partial charge on any atom is 0.258 e. The van der Waals surface area contributed by atoms with Gasteiger partial charge < -0.3 is 19.2 Å². The molecule has 7 nitrogen and oxygen atoms in total. The third-order valence-corrected chi connectivity index (χ3v) is 5.14. The van der Waals surface area contributed by atoms with Crippen molar-refractivity contribution < 1.29 is 14.2 Å². The molecule has 0 amide bonds. The summed E-state index contributed by atoms with van der Waals surface area (Å²) in [7, 11) is 4.80. The number of fused-ring (bicyclic) bond motifs is 2. The Hall–Kier alpha value is -3.06. The number of methoxy groups -OCH3 is 3. The molecule has 0 bridgehead atoms. The third-order valence-electron chi connectivity index (χ3n) is 5.14. The van der Waals surface area contributed by atoms with Crippen molar-refractivity contribution in [3.63, 3.8) is 0 Å². The Morgan fingerprint density at radius 1 is 1.04 bits per heavy atom. The van der Waals surface area contributed by atoms with Gasteiger partial charge in [-0.1, -0.05) is 6.07 Å². The maximum atomic E-state index is 12.6. The Morgan fingerprint density at radius 3 is 2.57 bits per heavy atom. The van der Waals surface area contributed by atoms with Gasteiger partial charge in [-0.05, 0) is 35.7 Å². The molecule has 0 atom stereocenters. The van der Waals surface area contributed by atoms with Crippen LogP contribution in [0.15, 0.2) is 35.1 Å². The number of nitrogens with one attached hydrogen (secondary N) is 1. The number of hydrogen-bond donors (Lipinski definition) is 1. The summed E-state index contributed by atoms with van der Waals surface area (Å²) in [6.07, 6.45) is 0.940. The molecule has 0 spiro atoms. The summed E-state index contributed by atoms with van der Waals surface area (Å²) in [4.78, 5) is 22.4. The Balaban J connectivity index is 1.60. The molecule has 0 radical (unpaired) electrons. The zero-order chi connectivity index (χ0) is 19.7. The van der Waals surface area contributed by atoms with Crippen molar-refractivity contribution in [2.45, 2.75) is 19.5 Å². The van der Waals surface area contributed by atoms with Crippen LogP contribution in [0.2, 0.25) is 0 Å². The highest BCUT2D eigenvalue weighted by Gasteiger charge is 2.18. The SMILES string of the molecule is COc1ccc2c(c1)CCN(Cc1nc3cc(OC)c(OC)cc3c(=O)[nH]1)C2. The lowest BCUT2D eigenvalue weighted by Gasteiger charge is -2.28. The third kappa shape index (κ3) is 3.41. The fraction of sp³-hybridized carbons (Fsp3) is 0.333. The average molecular weight is 381 g/mol. The van der Waals surface area contributed by atoms with Gasteiger partial charge in [0.25, 0.3) is 5.56 Å². The number of ether oxygens (including phenoxy) is 3. The van der Waals surface area contributed by atoms with Crippen LogP contribution < -0.4 is 19.8 Å². The standard InChI is InChI=1S/C21H23N3O4/c1-26-15-5-4-14-11-24(7-6-13(14)8-15)12-20-22-17-10-19(28-3)18(27-2)9-16(17)21(25)23-20/h4-5,8-10H,6-7,11-12H2,1-3H3,(H,22,23,25). The van der Waals surface area contributed by atoms with Crippen LogP contribution >= 0.6 is 0 Å². The number of aromatic nitrogens is 2. The van der Waals surface area contributed by atoms with Crippen molar-refractivity contribution in [1.29, 1.82) is 0 Å².